The summed E-state index contributed by atoms with van der Waals surface area (Å²) in [5, 5.41) is 14.7. The second-order valence-corrected chi connectivity index (χ2v) is 9.54. The highest BCUT2D eigenvalue weighted by Gasteiger charge is 2.20. The number of rotatable bonds is 22. The molecule has 0 unspecified atom stereocenters. The normalized spacial score (nSPS) is 11.7. The van der Waals surface area contributed by atoms with Crippen molar-refractivity contribution in [2.75, 3.05) is 13.2 Å². The van der Waals surface area contributed by atoms with Crippen molar-refractivity contribution in [3.63, 3.8) is 0 Å². The van der Waals surface area contributed by atoms with Crippen molar-refractivity contribution >= 4 is 12.0 Å². The highest BCUT2D eigenvalue weighted by atomic mass is 16.5. The number of alkyl carbamates (subject to hydrolysis) is 1. The molecule has 6 nitrogen and oxygen atoms in total. The molecular weight excluding hydrogens is 440 g/mol. The number of benzene rings is 1. The Kier molecular flexibility index (Phi) is 19.8. The summed E-state index contributed by atoms with van der Waals surface area (Å²) >= 11 is 0. The Hall–Kier alpha value is -2.08. The zero-order valence-electron chi connectivity index (χ0n) is 22.1. The third-order valence-corrected chi connectivity index (χ3v) is 6.33. The molecule has 1 rings (SSSR count). The van der Waals surface area contributed by atoms with Gasteiger partial charge in [0.1, 0.15) is 12.6 Å². The predicted molar refractivity (Wildman–Crippen MR) is 143 cm³/mol. The molecular formula is C29H50N2O4. The highest BCUT2D eigenvalue weighted by molar-refractivity contribution is 5.85. The lowest BCUT2D eigenvalue weighted by molar-refractivity contribution is -0.123. The van der Waals surface area contributed by atoms with Crippen LogP contribution in [0.2, 0.25) is 0 Å². The summed E-state index contributed by atoms with van der Waals surface area (Å²) in [5.41, 5.74) is 0.858. The predicted octanol–water partition coefficient (Wildman–Crippen LogP) is 6.65. The Morgan fingerprint density at radius 3 is 1.74 bits per heavy atom. The highest BCUT2D eigenvalue weighted by Crippen LogP contribution is 2.13. The third-order valence-electron chi connectivity index (χ3n) is 6.33. The smallest absolute Gasteiger partial charge is 0.408 e. The zero-order valence-corrected chi connectivity index (χ0v) is 22.1. The first-order valence-corrected chi connectivity index (χ1v) is 14.0. The second-order valence-electron chi connectivity index (χ2n) is 9.54. The lowest BCUT2D eigenvalue weighted by Crippen LogP contribution is -2.49. The monoisotopic (exact) mass is 490 g/mol. The summed E-state index contributed by atoms with van der Waals surface area (Å²) in [6.07, 6.45) is 20.2. The van der Waals surface area contributed by atoms with E-state index in [1.807, 2.05) is 30.3 Å². The molecule has 3 N–H and O–H groups in total. The summed E-state index contributed by atoms with van der Waals surface area (Å²) in [6, 6.07) is 8.30. The molecule has 1 aromatic rings. The van der Waals surface area contributed by atoms with Gasteiger partial charge in [-0.15, -0.1) is 0 Å². The van der Waals surface area contributed by atoms with Gasteiger partial charge in [0.25, 0.3) is 0 Å². The number of aliphatic hydroxyl groups is 1. The van der Waals surface area contributed by atoms with Crippen molar-refractivity contribution in [2.24, 2.45) is 0 Å². The van der Waals surface area contributed by atoms with Gasteiger partial charge in [0.05, 0.1) is 6.61 Å². The standard InChI is InChI=1S/C29H50N2O4/c1-2-3-4-5-6-7-8-9-10-11-12-13-14-15-16-20-23-30-28(33)27(24-32)31-29(34)35-25-26-21-18-17-19-22-26/h17-19,21-22,27,32H,2-16,20,23-25H2,1H3,(H,30,33)(H,31,34)/t27-/m0/s1. The number of amides is 2. The first-order chi connectivity index (χ1) is 17.2. The number of ether oxygens (including phenoxy) is 1. The van der Waals surface area contributed by atoms with E-state index in [2.05, 4.69) is 17.6 Å². The number of unbranched alkanes of at least 4 members (excludes halogenated alkanes) is 15. The third kappa shape index (κ3) is 17.9. The molecule has 0 spiro atoms. The molecule has 0 heterocycles. The summed E-state index contributed by atoms with van der Waals surface area (Å²) < 4.78 is 5.11. The van der Waals surface area contributed by atoms with Gasteiger partial charge in [-0.3, -0.25) is 4.79 Å². The molecule has 35 heavy (non-hydrogen) atoms. The van der Waals surface area contributed by atoms with Crippen molar-refractivity contribution in [2.45, 2.75) is 122 Å². The van der Waals surface area contributed by atoms with E-state index in [1.165, 1.54) is 89.9 Å². The van der Waals surface area contributed by atoms with Crippen molar-refractivity contribution < 1.29 is 19.4 Å². The molecule has 1 atom stereocenters. The van der Waals surface area contributed by atoms with Crippen molar-refractivity contribution in [3.05, 3.63) is 35.9 Å². The fraction of sp³-hybridized carbons (Fsp3) is 0.724. The number of aliphatic hydroxyl groups excluding tert-OH is 1. The van der Waals surface area contributed by atoms with Crippen molar-refractivity contribution in [3.8, 4) is 0 Å². The fourth-order valence-electron chi connectivity index (χ4n) is 4.11. The minimum atomic E-state index is -1.00. The summed E-state index contributed by atoms with van der Waals surface area (Å²) in [5.74, 6) is -0.384. The fourth-order valence-corrected chi connectivity index (χ4v) is 4.11. The average Bonchev–Trinajstić information content (AvgIpc) is 2.88. The number of hydrogen-bond acceptors (Lipinski definition) is 4. The van der Waals surface area contributed by atoms with Crippen LogP contribution in [0, 0.1) is 0 Å². The number of carbonyl (C=O) groups is 2. The number of carbonyl (C=O) groups excluding carboxylic acids is 2. The van der Waals surface area contributed by atoms with Crippen molar-refractivity contribution in [1.82, 2.24) is 10.6 Å². The minimum Gasteiger partial charge on any atom is -0.445 e. The lowest BCUT2D eigenvalue weighted by Gasteiger charge is -2.16. The Morgan fingerprint density at radius 2 is 1.26 bits per heavy atom. The quantitative estimate of drug-likeness (QED) is 0.159. The zero-order chi connectivity index (χ0) is 25.4. The van der Waals surface area contributed by atoms with Crippen LogP contribution in [0.15, 0.2) is 30.3 Å². The van der Waals surface area contributed by atoms with Gasteiger partial charge in [-0.25, -0.2) is 4.79 Å². The van der Waals surface area contributed by atoms with E-state index in [4.69, 9.17) is 4.74 Å². The van der Waals surface area contributed by atoms with Crippen molar-refractivity contribution in [1.29, 1.82) is 0 Å². The summed E-state index contributed by atoms with van der Waals surface area (Å²) in [7, 11) is 0. The molecule has 2 amide bonds. The van der Waals surface area contributed by atoms with E-state index in [0.717, 1.165) is 18.4 Å². The Labute approximate surface area is 213 Å². The molecule has 1 aromatic carbocycles. The second kappa shape index (κ2) is 22.4. The van der Waals surface area contributed by atoms with E-state index < -0.39 is 18.7 Å². The van der Waals surface area contributed by atoms with Gasteiger partial charge in [0.2, 0.25) is 5.91 Å². The molecule has 0 saturated heterocycles. The van der Waals surface area contributed by atoms with Crippen LogP contribution in [0.1, 0.15) is 115 Å². The lowest BCUT2D eigenvalue weighted by atomic mass is 10.0. The maximum absolute atomic E-state index is 12.2. The molecule has 0 fully saturated rings. The molecule has 0 bridgehead atoms. The van der Waals surface area contributed by atoms with Crippen LogP contribution in [0.3, 0.4) is 0 Å². The van der Waals surface area contributed by atoms with Gasteiger partial charge >= 0.3 is 6.09 Å². The van der Waals surface area contributed by atoms with Crippen LogP contribution >= 0.6 is 0 Å². The Bertz CT molecular complexity index is 639. The van der Waals surface area contributed by atoms with E-state index in [0.29, 0.717) is 6.54 Å². The molecule has 0 aliphatic heterocycles. The topological polar surface area (TPSA) is 87.7 Å². The van der Waals surface area contributed by atoms with E-state index in [9.17, 15) is 14.7 Å². The molecule has 200 valence electrons. The Morgan fingerprint density at radius 1 is 0.771 bits per heavy atom. The molecule has 0 aliphatic carbocycles. The maximum Gasteiger partial charge on any atom is 0.408 e. The first-order valence-electron chi connectivity index (χ1n) is 14.0. The van der Waals surface area contributed by atoms with Crippen LogP contribution in [0.5, 0.6) is 0 Å². The first kappa shape index (κ1) is 31.0. The maximum atomic E-state index is 12.2. The summed E-state index contributed by atoms with van der Waals surface area (Å²) in [4.78, 5) is 24.1. The van der Waals surface area contributed by atoms with Gasteiger partial charge in [-0.05, 0) is 12.0 Å². The molecule has 0 saturated carbocycles. The van der Waals surface area contributed by atoms with Gasteiger partial charge in [0, 0.05) is 6.54 Å². The largest absolute Gasteiger partial charge is 0.445 e. The number of nitrogens with one attached hydrogen (secondary N) is 2. The minimum absolute atomic E-state index is 0.117. The Balaban J connectivity index is 1.92. The summed E-state index contributed by atoms with van der Waals surface area (Å²) in [6.45, 7) is 2.47. The van der Waals surface area contributed by atoms with Crippen LogP contribution in [0.25, 0.3) is 0 Å². The molecule has 0 aliphatic rings. The van der Waals surface area contributed by atoms with Crippen LogP contribution in [-0.2, 0) is 16.1 Å². The van der Waals surface area contributed by atoms with Gasteiger partial charge in [-0.2, -0.15) is 0 Å². The van der Waals surface area contributed by atoms with Crippen LogP contribution in [0.4, 0.5) is 4.79 Å². The van der Waals surface area contributed by atoms with Gasteiger partial charge in [-0.1, -0.05) is 134 Å². The van der Waals surface area contributed by atoms with E-state index >= 15 is 0 Å². The molecule has 0 aromatic heterocycles. The molecule has 6 heteroatoms. The molecule has 0 radical (unpaired) electrons. The average molecular weight is 491 g/mol. The van der Waals surface area contributed by atoms with Crippen LogP contribution in [-0.4, -0.2) is 36.3 Å². The SMILES string of the molecule is CCCCCCCCCCCCCCCCCCNC(=O)[C@H](CO)NC(=O)OCc1ccccc1. The van der Waals surface area contributed by atoms with Crippen LogP contribution < -0.4 is 10.6 Å². The number of hydrogen-bond donors (Lipinski definition) is 3. The van der Waals surface area contributed by atoms with E-state index in [-0.39, 0.29) is 12.5 Å². The van der Waals surface area contributed by atoms with Gasteiger partial charge in [0.15, 0.2) is 0 Å². The van der Waals surface area contributed by atoms with Gasteiger partial charge < -0.3 is 20.5 Å². The van der Waals surface area contributed by atoms with E-state index in [1.54, 1.807) is 0 Å².